The molecule has 1 rings (SSSR count). The molecular weight excluding hydrogens is 183 g/mol. The van der Waals surface area contributed by atoms with Gasteiger partial charge in [-0.2, -0.15) is 0 Å². The highest BCUT2D eigenvalue weighted by molar-refractivity contribution is 8.93. The van der Waals surface area contributed by atoms with Crippen molar-refractivity contribution in [3.8, 4) is 12.3 Å². The summed E-state index contributed by atoms with van der Waals surface area (Å²) in [5.74, 6) is 3.30. The summed E-state index contributed by atoms with van der Waals surface area (Å²) in [6.07, 6.45) is 5.25. The third kappa shape index (κ3) is 2.36. The Morgan fingerprint density at radius 2 is 2.10 bits per heavy atom. The van der Waals surface area contributed by atoms with E-state index in [0.29, 0.717) is 5.92 Å². The second kappa shape index (κ2) is 3.36. The summed E-state index contributed by atoms with van der Waals surface area (Å²) in [4.78, 5) is 9.56. The fourth-order valence-corrected chi connectivity index (χ4v) is 6.93. The molecule has 1 N–H and O–H groups in total. The van der Waals surface area contributed by atoms with Crippen LogP contribution in [-0.4, -0.2) is 23.1 Å². The average molecular weight is 193 g/mol. The van der Waals surface area contributed by atoms with Gasteiger partial charge >= 0.3 is 0 Å². The highest BCUT2D eigenvalue weighted by Gasteiger charge is 2.38. The molecule has 1 nitrogen and oxygen atoms in total. The highest BCUT2D eigenvalue weighted by atomic mass is 33.1. The Bertz CT molecular complexity index is 154. The predicted molar refractivity (Wildman–Crippen MR) is 52.3 cm³/mol. The average Bonchev–Trinajstić information content (AvgIpc) is 1.88. The summed E-state index contributed by atoms with van der Waals surface area (Å²) in [5, 5.41) is 0. The van der Waals surface area contributed by atoms with Gasteiger partial charge in [0, 0.05) is 17.4 Å². The molecule has 0 spiro atoms. The van der Waals surface area contributed by atoms with Crippen LogP contribution >= 0.6 is 28.7 Å². The molecule has 1 aliphatic rings. The Labute approximate surface area is 70.3 Å². The molecule has 0 bridgehead atoms. The third-order valence-corrected chi connectivity index (χ3v) is 8.99. The van der Waals surface area contributed by atoms with Crippen molar-refractivity contribution in [2.45, 2.75) is 0 Å². The Morgan fingerprint density at radius 1 is 1.60 bits per heavy atom. The smallest absolute Gasteiger partial charge is 0.228 e. The van der Waals surface area contributed by atoms with Crippen LogP contribution in [0.5, 0.6) is 0 Å². The van der Waals surface area contributed by atoms with Crippen LogP contribution in [0.15, 0.2) is 0 Å². The molecule has 1 heterocycles. The van der Waals surface area contributed by atoms with Crippen LogP contribution in [0.2, 0.25) is 0 Å². The molecule has 1 saturated heterocycles. The first-order valence-electron chi connectivity index (χ1n) is 2.98. The van der Waals surface area contributed by atoms with Gasteiger partial charge in [0.1, 0.15) is 0 Å². The van der Waals surface area contributed by atoms with Gasteiger partial charge in [0.2, 0.25) is 0 Å². The first kappa shape index (κ1) is 8.74. The van der Waals surface area contributed by atoms with Gasteiger partial charge in [-0.05, 0) is 0 Å². The van der Waals surface area contributed by atoms with Crippen molar-refractivity contribution in [1.82, 2.24) is 0 Å². The maximum atomic E-state index is 9.56. The van der Waals surface area contributed by atoms with E-state index >= 15 is 0 Å². The number of terminal acetylenes is 1. The Morgan fingerprint density at radius 3 is 2.50 bits per heavy atom. The predicted octanol–water partition coefficient (Wildman–Crippen LogP) is 2.10. The van der Waals surface area contributed by atoms with Crippen molar-refractivity contribution in [2.24, 2.45) is 5.92 Å². The van der Waals surface area contributed by atoms with E-state index in [1.54, 1.807) is 22.8 Å². The van der Waals surface area contributed by atoms with Gasteiger partial charge in [-0.1, -0.05) is 0 Å². The van der Waals surface area contributed by atoms with Crippen molar-refractivity contribution in [1.29, 1.82) is 0 Å². The van der Waals surface area contributed by atoms with Crippen molar-refractivity contribution in [3.05, 3.63) is 0 Å². The zero-order valence-corrected chi connectivity index (χ0v) is 8.31. The second-order valence-electron chi connectivity index (χ2n) is 2.26. The molecule has 4 heteroatoms. The van der Waals surface area contributed by atoms with Crippen molar-refractivity contribution < 1.29 is 4.89 Å². The lowest BCUT2D eigenvalue weighted by Crippen LogP contribution is -2.08. The lowest BCUT2D eigenvalue weighted by Gasteiger charge is -2.19. The lowest BCUT2D eigenvalue weighted by molar-refractivity contribution is 0.641. The van der Waals surface area contributed by atoms with Crippen LogP contribution in [0.3, 0.4) is 0 Å². The van der Waals surface area contributed by atoms with Crippen LogP contribution in [0.25, 0.3) is 0 Å². The standard InChI is InChI=1S/C6H10OPS2/c1-3-6-4-9-8(2,7)10-5-6/h1,6-7H,4-5H2,2H3/q+1. The molecule has 0 aromatic heterocycles. The van der Waals surface area contributed by atoms with Crippen molar-refractivity contribution in [3.63, 3.8) is 0 Å². The molecule has 10 heavy (non-hydrogen) atoms. The highest BCUT2D eigenvalue weighted by Crippen LogP contribution is 2.76. The molecule has 0 aliphatic carbocycles. The van der Waals surface area contributed by atoms with Gasteiger partial charge in [0.05, 0.1) is 29.4 Å². The number of hydrogen-bond donors (Lipinski definition) is 1. The van der Waals surface area contributed by atoms with E-state index < -0.39 is 5.89 Å². The molecule has 0 amide bonds. The molecule has 0 radical (unpaired) electrons. The first-order valence-corrected chi connectivity index (χ1v) is 8.35. The Kier molecular flexibility index (Phi) is 2.94. The second-order valence-corrected chi connectivity index (χ2v) is 11.6. The minimum Gasteiger partial charge on any atom is -0.228 e. The molecule has 0 unspecified atom stereocenters. The summed E-state index contributed by atoms with van der Waals surface area (Å²) in [6.45, 7) is 1.93. The van der Waals surface area contributed by atoms with Crippen LogP contribution in [0.1, 0.15) is 0 Å². The number of hydrogen-bond acceptors (Lipinski definition) is 3. The Balaban J connectivity index is 2.40. The molecular formula is C6H10OPS2+. The SMILES string of the molecule is C#CC1CS[P+](C)(O)SC1. The summed E-state index contributed by atoms with van der Waals surface area (Å²) in [7, 11) is 0. The minimum absolute atomic E-state index is 0.371. The van der Waals surface area contributed by atoms with Gasteiger partial charge in [-0.3, -0.25) is 0 Å². The van der Waals surface area contributed by atoms with Crippen molar-refractivity contribution >= 4 is 28.7 Å². The van der Waals surface area contributed by atoms with Crippen LogP contribution < -0.4 is 0 Å². The zero-order valence-electron chi connectivity index (χ0n) is 5.78. The molecule has 1 fully saturated rings. The van der Waals surface area contributed by atoms with Crippen LogP contribution in [0.4, 0.5) is 0 Å². The van der Waals surface area contributed by atoms with E-state index in [4.69, 9.17) is 6.42 Å². The third-order valence-electron chi connectivity index (χ3n) is 1.27. The van der Waals surface area contributed by atoms with Gasteiger partial charge < -0.3 is 0 Å². The minimum atomic E-state index is -1.65. The maximum Gasteiger partial charge on any atom is 0.255 e. The van der Waals surface area contributed by atoms with Gasteiger partial charge in [0.15, 0.2) is 0 Å². The fraction of sp³-hybridized carbons (Fsp3) is 0.667. The quantitative estimate of drug-likeness (QED) is 0.470. The number of rotatable bonds is 0. The van der Waals surface area contributed by atoms with E-state index in [0.717, 1.165) is 11.5 Å². The molecule has 0 atom stereocenters. The molecule has 0 aromatic carbocycles. The maximum absolute atomic E-state index is 9.56. The van der Waals surface area contributed by atoms with Crippen molar-refractivity contribution in [2.75, 3.05) is 18.2 Å². The van der Waals surface area contributed by atoms with E-state index in [1.165, 1.54) is 0 Å². The van der Waals surface area contributed by atoms with E-state index in [2.05, 4.69) is 5.92 Å². The summed E-state index contributed by atoms with van der Waals surface area (Å²) < 4.78 is 0. The summed E-state index contributed by atoms with van der Waals surface area (Å²) in [6, 6.07) is 0. The van der Waals surface area contributed by atoms with E-state index in [-0.39, 0.29) is 0 Å². The fourth-order valence-electron chi connectivity index (χ4n) is 0.638. The molecule has 0 aromatic rings. The monoisotopic (exact) mass is 193 g/mol. The van der Waals surface area contributed by atoms with E-state index in [1.807, 2.05) is 6.66 Å². The zero-order chi connectivity index (χ0) is 7.61. The molecule has 1 aliphatic heterocycles. The van der Waals surface area contributed by atoms with Gasteiger partial charge in [-0.25, -0.2) is 4.89 Å². The molecule has 0 saturated carbocycles. The van der Waals surface area contributed by atoms with Crippen LogP contribution in [-0.2, 0) is 0 Å². The normalized spacial score (nSPS) is 40.7. The van der Waals surface area contributed by atoms with Gasteiger partial charge in [-0.15, -0.1) is 12.3 Å². The summed E-state index contributed by atoms with van der Waals surface area (Å²) >= 11 is 3.28. The Hall–Kier alpha value is 0.650. The first-order chi connectivity index (χ1) is 4.64. The largest absolute Gasteiger partial charge is 0.255 e. The van der Waals surface area contributed by atoms with E-state index in [9.17, 15) is 4.89 Å². The topological polar surface area (TPSA) is 20.2 Å². The van der Waals surface area contributed by atoms with Crippen LogP contribution in [0, 0.1) is 18.3 Å². The molecule has 56 valence electrons. The van der Waals surface area contributed by atoms with Gasteiger partial charge in [0.25, 0.3) is 5.89 Å². The summed E-state index contributed by atoms with van der Waals surface area (Å²) in [5.41, 5.74) is 0. The lowest BCUT2D eigenvalue weighted by atomic mass is 10.2.